The minimum atomic E-state index is 0.114. The van der Waals surface area contributed by atoms with E-state index in [2.05, 4.69) is 18.8 Å². The first-order valence-corrected chi connectivity index (χ1v) is 5.12. The van der Waals surface area contributed by atoms with Gasteiger partial charge in [0, 0.05) is 16.5 Å². The van der Waals surface area contributed by atoms with Crippen LogP contribution in [0.2, 0.25) is 0 Å². The molecule has 0 aliphatic rings. The van der Waals surface area contributed by atoms with Crippen LogP contribution in [0.15, 0.2) is 6.20 Å². The predicted molar refractivity (Wildman–Crippen MR) is 55.4 cm³/mol. The summed E-state index contributed by atoms with van der Waals surface area (Å²) in [6, 6.07) is 0. The summed E-state index contributed by atoms with van der Waals surface area (Å²) < 4.78 is 5.04. The van der Waals surface area contributed by atoms with Crippen LogP contribution >= 0.6 is 11.3 Å². The van der Waals surface area contributed by atoms with Gasteiger partial charge in [-0.3, -0.25) is 0 Å². The van der Waals surface area contributed by atoms with Crippen molar-refractivity contribution in [2.24, 2.45) is 5.73 Å². The lowest BCUT2D eigenvalue weighted by molar-refractivity contribution is 0.412. The quantitative estimate of drug-likeness (QED) is 0.806. The van der Waals surface area contributed by atoms with Crippen LogP contribution < -0.4 is 10.5 Å². The van der Waals surface area contributed by atoms with Crippen molar-refractivity contribution >= 4 is 11.3 Å². The van der Waals surface area contributed by atoms with Crippen LogP contribution in [0.1, 0.15) is 25.1 Å². The fourth-order valence-corrected chi connectivity index (χ4v) is 2.01. The van der Waals surface area contributed by atoms with Crippen LogP contribution in [0.5, 0.6) is 5.19 Å². The molecule has 13 heavy (non-hydrogen) atoms. The highest BCUT2D eigenvalue weighted by molar-refractivity contribution is 7.13. The largest absolute Gasteiger partial charge is 0.473 e. The van der Waals surface area contributed by atoms with Gasteiger partial charge in [0.05, 0.1) is 7.11 Å². The van der Waals surface area contributed by atoms with E-state index in [0.717, 1.165) is 11.6 Å². The Morgan fingerprint density at radius 3 is 2.77 bits per heavy atom. The molecule has 1 aromatic heterocycles. The Kier molecular flexibility index (Phi) is 3.27. The molecule has 2 N–H and O–H groups in total. The minimum absolute atomic E-state index is 0.114. The van der Waals surface area contributed by atoms with Gasteiger partial charge in [-0.05, 0) is 13.0 Å². The van der Waals surface area contributed by atoms with Crippen molar-refractivity contribution in [3.63, 3.8) is 0 Å². The summed E-state index contributed by atoms with van der Waals surface area (Å²) in [7, 11) is 1.64. The van der Waals surface area contributed by atoms with E-state index in [4.69, 9.17) is 10.5 Å². The highest BCUT2D eigenvalue weighted by Crippen LogP contribution is 2.33. The molecule has 0 amide bonds. The normalized spacial score (nSPS) is 11.7. The molecular formula is C9H16N2OS. The maximum atomic E-state index is 5.54. The van der Waals surface area contributed by atoms with Crippen molar-refractivity contribution in [2.75, 3.05) is 13.7 Å². The second-order valence-corrected chi connectivity index (χ2v) is 4.61. The van der Waals surface area contributed by atoms with Gasteiger partial charge in [-0.1, -0.05) is 25.2 Å². The van der Waals surface area contributed by atoms with Gasteiger partial charge in [-0.2, -0.15) is 0 Å². The highest BCUT2D eigenvalue weighted by Gasteiger charge is 2.22. The predicted octanol–water partition coefficient (Wildman–Crippen LogP) is 1.78. The van der Waals surface area contributed by atoms with Gasteiger partial charge in [-0.15, -0.1) is 0 Å². The molecule has 0 spiro atoms. The Balaban J connectivity index is 2.80. The summed E-state index contributed by atoms with van der Waals surface area (Å²) in [5.74, 6) is 0. The van der Waals surface area contributed by atoms with E-state index in [-0.39, 0.29) is 5.41 Å². The Bertz CT molecular complexity index is 270. The number of aromatic nitrogens is 1. The monoisotopic (exact) mass is 200 g/mol. The first kappa shape index (κ1) is 10.5. The van der Waals surface area contributed by atoms with E-state index < -0.39 is 0 Å². The Morgan fingerprint density at radius 2 is 2.31 bits per heavy atom. The van der Waals surface area contributed by atoms with E-state index in [1.807, 2.05) is 6.20 Å². The van der Waals surface area contributed by atoms with Crippen LogP contribution in [0.3, 0.4) is 0 Å². The number of hydrogen-bond donors (Lipinski definition) is 1. The first-order valence-electron chi connectivity index (χ1n) is 4.30. The molecule has 0 atom stereocenters. The summed E-state index contributed by atoms with van der Waals surface area (Å²) in [5.41, 5.74) is 5.66. The van der Waals surface area contributed by atoms with Crippen molar-refractivity contribution < 1.29 is 4.74 Å². The van der Waals surface area contributed by atoms with Crippen molar-refractivity contribution in [3.8, 4) is 5.19 Å². The smallest absolute Gasteiger partial charge is 0.273 e. The molecule has 4 heteroatoms. The third-order valence-corrected chi connectivity index (χ3v) is 3.42. The molecule has 1 heterocycles. The van der Waals surface area contributed by atoms with Gasteiger partial charge < -0.3 is 10.5 Å². The van der Waals surface area contributed by atoms with Crippen molar-refractivity contribution in [3.05, 3.63) is 11.1 Å². The summed E-state index contributed by atoms with van der Waals surface area (Å²) in [6.07, 6.45) is 2.84. The third kappa shape index (κ3) is 2.42. The third-order valence-electron chi connectivity index (χ3n) is 2.10. The van der Waals surface area contributed by atoms with Gasteiger partial charge in [0.15, 0.2) is 0 Å². The highest BCUT2D eigenvalue weighted by atomic mass is 32.1. The number of nitrogens with zero attached hydrogens (tertiary/aromatic N) is 1. The van der Waals surface area contributed by atoms with Crippen molar-refractivity contribution in [1.82, 2.24) is 4.98 Å². The molecule has 0 saturated heterocycles. The Labute approximate surface area is 82.9 Å². The number of nitrogens with two attached hydrogens (primary N) is 1. The van der Waals surface area contributed by atoms with Gasteiger partial charge in [-0.25, -0.2) is 4.98 Å². The van der Waals surface area contributed by atoms with Crippen molar-refractivity contribution in [1.29, 1.82) is 0 Å². The second-order valence-electron chi connectivity index (χ2n) is 3.62. The average Bonchev–Trinajstić information content (AvgIpc) is 2.52. The molecule has 0 aliphatic heterocycles. The Hall–Kier alpha value is -0.610. The zero-order valence-corrected chi connectivity index (χ0v) is 9.15. The minimum Gasteiger partial charge on any atom is -0.473 e. The maximum Gasteiger partial charge on any atom is 0.273 e. The summed E-state index contributed by atoms with van der Waals surface area (Å²) in [4.78, 5) is 5.37. The molecular weight excluding hydrogens is 184 g/mol. The van der Waals surface area contributed by atoms with Gasteiger partial charge in [0.1, 0.15) is 0 Å². The molecule has 74 valence electrons. The molecule has 1 aromatic rings. The van der Waals surface area contributed by atoms with E-state index in [9.17, 15) is 0 Å². The zero-order valence-electron chi connectivity index (χ0n) is 8.33. The first-order chi connectivity index (χ1) is 6.10. The zero-order chi connectivity index (χ0) is 9.90. The van der Waals surface area contributed by atoms with Crippen molar-refractivity contribution in [2.45, 2.75) is 25.7 Å². The lowest BCUT2D eigenvalue weighted by atomic mass is 9.88. The molecule has 1 rings (SSSR count). The molecule has 0 aromatic carbocycles. The Morgan fingerprint density at radius 1 is 1.62 bits per heavy atom. The number of hydrogen-bond acceptors (Lipinski definition) is 4. The number of thiazole rings is 1. The molecule has 0 aliphatic carbocycles. The van der Waals surface area contributed by atoms with Gasteiger partial charge >= 0.3 is 0 Å². The lowest BCUT2D eigenvalue weighted by Gasteiger charge is -2.21. The summed E-state index contributed by atoms with van der Waals surface area (Å²) >= 11 is 1.59. The van der Waals surface area contributed by atoms with E-state index in [0.29, 0.717) is 6.54 Å². The fraction of sp³-hybridized carbons (Fsp3) is 0.667. The molecule has 0 fully saturated rings. The average molecular weight is 200 g/mol. The van der Waals surface area contributed by atoms with Gasteiger partial charge in [0.2, 0.25) is 0 Å². The van der Waals surface area contributed by atoms with Crippen LogP contribution in [-0.2, 0) is 5.41 Å². The fourth-order valence-electron chi connectivity index (χ4n) is 1.15. The van der Waals surface area contributed by atoms with E-state index in [1.54, 1.807) is 18.4 Å². The molecule has 3 nitrogen and oxygen atoms in total. The molecule has 0 radical (unpaired) electrons. The van der Waals surface area contributed by atoms with Crippen LogP contribution in [-0.4, -0.2) is 18.6 Å². The maximum absolute atomic E-state index is 5.54. The SMILES string of the molecule is COc1ncc(C(C)(C)CCN)s1. The van der Waals surface area contributed by atoms with Gasteiger partial charge in [0.25, 0.3) is 5.19 Å². The lowest BCUT2D eigenvalue weighted by Crippen LogP contribution is -2.20. The van der Waals surface area contributed by atoms with Crippen LogP contribution in [0.4, 0.5) is 0 Å². The standard InChI is InChI=1S/C9H16N2OS/c1-9(2,4-5-10)7-6-11-8(12-3)13-7/h6H,4-5,10H2,1-3H3. The molecule has 0 saturated carbocycles. The number of rotatable bonds is 4. The summed E-state index contributed by atoms with van der Waals surface area (Å²) in [5, 5.41) is 0.722. The number of methoxy groups -OCH3 is 1. The molecule has 0 bridgehead atoms. The van der Waals surface area contributed by atoms with Crippen LogP contribution in [0.25, 0.3) is 0 Å². The number of ether oxygens (including phenoxy) is 1. The summed E-state index contributed by atoms with van der Waals surface area (Å²) in [6.45, 7) is 5.05. The van der Waals surface area contributed by atoms with Crippen LogP contribution in [0, 0.1) is 0 Å². The second kappa shape index (κ2) is 4.07. The van der Waals surface area contributed by atoms with E-state index >= 15 is 0 Å². The topological polar surface area (TPSA) is 48.1 Å². The van der Waals surface area contributed by atoms with E-state index in [1.165, 1.54) is 4.88 Å². The molecule has 0 unspecified atom stereocenters.